The van der Waals surface area contributed by atoms with E-state index in [9.17, 15) is 0 Å². The molecule has 1 heterocycles. The number of hydrogen-bond acceptors (Lipinski definition) is 4. The van der Waals surface area contributed by atoms with Gasteiger partial charge in [-0.15, -0.1) is 11.3 Å². The van der Waals surface area contributed by atoms with Crippen LogP contribution in [0.1, 0.15) is 50.5 Å². The minimum atomic E-state index is 0.629. The first-order chi connectivity index (χ1) is 10.9. The fourth-order valence-electron chi connectivity index (χ4n) is 2.98. The highest BCUT2D eigenvalue weighted by molar-refractivity contribution is 7.13. The predicted molar refractivity (Wildman–Crippen MR) is 93.2 cm³/mol. The number of rotatable bonds is 5. The third-order valence-corrected chi connectivity index (χ3v) is 4.93. The highest BCUT2D eigenvalue weighted by Gasteiger charge is 2.15. The third-order valence-electron chi connectivity index (χ3n) is 4.18. The molecule has 116 valence electrons. The summed E-state index contributed by atoms with van der Waals surface area (Å²) in [5.74, 6) is 0.754. The van der Waals surface area contributed by atoms with E-state index in [1.54, 1.807) is 0 Å². The summed E-state index contributed by atoms with van der Waals surface area (Å²) in [6.07, 6.45) is 8.30. The Hall–Kier alpha value is -1.68. The Labute approximate surface area is 136 Å². The van der Waals surface area contributed by atoms with E-state index in [1.165, 1.54) is 55.4 Å². The molecule has 0 radical (unpaired) electrons. The molecule has 4 heteroatoms. The van der Waals surface area contributed by atoms with Crippen molar-refractivity contribution in [2.24, 2.45) is 4.99 Å². The van der Waals surface area contributed by atoms with Crippen molar-refractivity contribution >= 4 is 22.9 Å². The molecule has 0 saturated heterocycles. The lowest BCUT2D eigenvalue weighted by atomic mass is 9.84. The number of aliphatic imine (C=N–C) groups is 1. The largest absolute Gasteiger partial charge is 0.483 e. The first-order valence-corrected chi connectivity index (χ1v) is 8.95. The SMILES string of the molecule is CCO/C=N/c1nc(-c2ccc(C3CCCCC3)cc2)cs1. The highest BCUT2D eigenvalue weighted by atomic mass is 32.1. The summed E-state index contributed by atoms with van der Waals surface area (Å²) >= 11 is 1.54. The zero-order valence-electron chi connectivity index (χ0n) is 13.0. The van der Waals surface area contributed by atoms with Gasteiger partial charge in [0.25, 0.3) is 0 Å². The van der Waals surface area contributed by atoms with Crippen LogP contribution in [0.2, 0.25) is 0 Å². The van der Waals surface area contributed by atoms with Crippen LogP contribution < -0.4 is 0 Å². The average molecular weight is 314 g/mol. The second-order valence-corrected chi connectivity index (χ2v) is 6.50. The van der Waals surface area contributed by atoms with Crippen molar-refractivity contribution in [1.29, 1.82) is 0 Å². The summed E-state index contributed by atoms with van der Waals surface area (Å²) in [5.41, 5.74) is 3.63. The molecule has 1 saturated carbocycles. The van der Waals surface area contributed by atoms with Gasteiger partial charge >= 0.3 is 0 Å². The summed E-state index contributed by atoms with van der Waals surface area (Å²) in [7, 11) is 0. The predicted octanol–water partition coefficient (Wildman–Crippen LogP) is 5.55. The maximum atomic E-state index is 5.11. The molecule has 1 aliphatic carbocycles. The van der Waals surface area contributed by atoms with E-state index in [2.05, 4.69) is 34.2 Å². The van der Waals surface area contributed by atoms with Gasteiger partial charge in [-0.05, 0) is 31.2 Å². The Morgan fingerprint density at radius 1 is 1.23 bits per heavy atom. The van der Waals surface area contributed by atoms with Gasteiger partial charge in [-0.2, -0.15) is 4.99 Å². The molecule has 3 nitrogen and oxygen atoms in total. The number of hydrogen-bond donors (Lipinski definition) is 0. The summed E-state index contributed by atoms with van der Waals surface area (Å²) in [5, 5.41) is 2.79. The van der Waals surface area contributed by atoms with Crippen LogP contribution in [0, 0.1) is 0 Å². The van der Waals surface area contributed by atoms with Gasteiger partial charge in [0.1, 0.15) is 0 Å². The van der Waals surface area contributed by atoms with Crippen LogP contribution in [0.15, 0.2) is 34.6 Å². The van der Waals surface area contributed by atoms with Crippen LogP contribution in [0.3, 0.4) is 0 Å². The lowest BCUT2D eigenvalue weighted by molar-refractivity contribution is 0.344. The molecule has 22 heavy (non-hydrogen) atoms. The van der Waals surface area contributed by atoms with Crippen molar-refractivity contribution in [2.75, 3.05) is 6.61 Å². The zero-order chi connectivity index (χ0) is 15.2. The topological polar surface area (TPSA) is 34.5 Å². The normalized spacial score (nSPS) is 16.2. The van der Waals surface area contributed by atoms with Gasteiger partial charge in [-0.25, -0.2) is 4.98 Å². The number of benzene rings is 1. The molecule has 1 aromatic carbocycles. The van der Waals surface area contributed by atoms with Gasteiger partial charge in [0.15, 0.2) is 6.40 Å². The molecule has 0 amide bonds. The van der Waals surface area contributed by atoms with E-state index in [0.29, 0.717) is 6.61 Å². The van der Waals surface area contributed by atoms with Crippen LogP contribution in [0.5, 0.6) is 0 Å². The molecule has 0 unspecified atom stereocenters. The van der Waals surface area contributed by atoms with Gasteiger partial charge in [0.05, 0.1) is 12.3 Å². The van der Waals surface area contributed by atoms with Crippen LogP contribution >= 0.6 is 11.3 Å². The zero-order valence-corrected chi connectivity index (χ0v) is 13.8. The summed E-state index contributed by atoms with van der Waals surface area (Å²) < 4.78 is 5.11. The second kappa shape index (κ2) is 7.54. The molecule has 0 spiro atoms. The second-order valence-electron chi connectivity index (χ2n) is 5.66. The van der Waals surface area contributed by atoms with Crippen LogP contribution in [0.4, 0.5) is 5.13 Å². The first kappa shape index (κ1) is 15.2. The van der Waals surface area contributed by atoms with Gasteiger partial charge in [-0.1, -0.05) is 43.5 Å². The molecule has 2 aromatic rings. The minimum Gasteiger partial charge on any atom is -0.483 e. The monoisotopic (exact) mass is 314 g/mol. The standard InChI is InChI=1S/C18H22N2OS/c1-2-21-13-19-18-20-17(12-22-18)16-10-8-15(9-11-16)14-6-4-3-5-7-14/h8-14H,2-7H2,1H3/b19-13+. The lowest BCUT2D eigenvalue weighted by Crippen LogP contribution is -2.04. The Morgan fingerprint density at radius 3 is 2.73 bits per heavy atom. The highest BCUT2D eigenvalue weighted by Crippen LogP contribution is 2.34. The van der Waals surface area contributed by atoms with Gasteiger partial charge < -0.3 is 4.74 Å². The van der Waals surface area contributed by atoms with E-state index < -0.39 is 0 Å². The molecule has 3 rings (SSSR count). The fraction of sp³-hybridized carbons (Fsp3) is 0.444. The van der Waals surface area contributed by atoms with Crippen molar-refractivity contribution < 1.29 is 4.74 Å². The number of aromatic nitrogens is 1. The maximum Gasteiger partial charge on any atom is 0.212 e. The fourth-order valence-corrected chi connectivity index (χ4v) is 3.64. The number of ether oxygens (including phenoxy) is 1. The van der Waals surface area contributed by atoms with E-state index in [0.717, 1.165) is 22.3 Å². The lowest BCUT2D eigenvalue weighted by Gasteiger charge is -2.21. The molecule has 1 aromatic heterocycles. The van der Waals surface area contributed by atoms with Gasteiger partial charge in [0.2, 0.25) is 5.13 Å². The van der Waals surface area contributed by atoms with Gasteiger partial charge in [-0.3, -0.25) is 0 Å². The molecular weight excluding hydrogens is 292 g/mol. The van der Waals surface area contributed by atoms with Crippen molar-refractivity contribution in [3.05, 3.63) is 35.2 Å². The Kier molecular flexibility index (Phi) is 5.22. The average Bonchev–Trinajstić information content (AvgIpc) is 3.05. The summed E-state index contributed by atoms with van der Waals surface area (Å²) in [4.78, 5) is 8.73. The van der Waals surface area contributed by atoms with E-state index >= 15 is 0 Å². The molecule has 0 aliphatic heterocycles. The van der Waals surface area contributed by atoms with Crippen LogP contribution in [-0.4, -0.2) is 18.0 Å². The van der Waals surface area contributed by atoms with Crippen LogP contribution in [-0.2, 0) is 4.74 Å². The van der Waals surface area contributed by atoms with Gasteiger partial charge in [0, 0.05) is 10.9 Å². The molecular formula is C18H22N2OS. The molecule has 1 aliphatic rings. The van der Waals surface area contributed by atoms with E-state index in [4.69, 9.17) is 4.74 Å². The molecule has 1 fully saturated rings. The van der Waals surface area contributed by atoms with Crippen molar-refractivity contribution in [1.82, 2.24) is 4.98 Å². The minimum absolute atomic E-state index is 0.629. The van der Waals surface area contributed by atoms with E-state index in [-0.39, 0.29) is 0 Å². The molecule has 0 bridgehead atoms. The Bertz CT molecular complexity index is 612. The van der Waals surface area contributed by atoms with Crippen molar-refractivity contribution in [2.45, 2.75) is 44.9 Å². The Morgan fingerprint density at radius 2 is 2.00 bits per heavy atom. The first-order valence-electron chi connectivity index (χ1n) is 8.07. The van der Waals surface area contributed by atoms with E-state index in [1.807, 2.05) is 12.3 Å². The number of thiazole rings is 1. The Balaban J connectivity index is 1.69. The smallest absolute Gasteiger partial charge is 0.212 e. The number of nitrogens with zero attached hydrogens (tertiary/aromatic N) is 2. The summed E-state index contributed by atoms with van der Waals surface area (Å²) in [6, 6.07) is 8.92. The van der Waals surface area contributed by atoms with Crippen molar-refractivity contribution in [3.8, 4) is 11.3 Å². The third kappa shape index (κ3) is 3.74. The van der Waals surface area contributed by atoms with Crippen molar-refractivity contribution in [3.63, 3.8) is 0 Å². The molecule has 0 atom stereocenters. The van der Waals surface area contributed by atoms with Crippen LogP contribution in [0.25, 0.3) is 11.3 Å². The quantitative estimate of drug-likeness (QED) is 0.535. The summed E-state index contributed by atoms with van der Waals surface area (Å²) in [6.45, 7) is 2.57. The molecule has 0 N–H and O–H groups in total. The maximum absolute atomic E-state index is 5.11.